The first-order chi connectivity index (χ1) is 9.64. The quantitative estimate of drug-likeness (QED) is 0.912. The molecule has 1 N–H and O–H groups in total. The lowest BCUT2D eigenvalue weighted by Gasteiger charge is -2.22. The lowest BCUT2D eigenvalue weighted by Crippen LogP contribution is -2.27. The highest BCUT2D eigenvalue weighted by Gasteiger charge is 2.31. The molecule has 0 bridgehead atoms. The maximum absolute atomic E-state index is 6.12. The first-order valence-corrected chi connectivity index (χ1v) is 8.81. The highest BCUT2D eigenvalue weighted by atomic mass is 32.2. The van der Waals surface area contributed by atoms with Crippen molar-refractivity contribution in [3.63, 3.8) is 0 Å². The van der Waals surface area contributed by atoms with E-state index >= 15 is 0 Å². The van der Waals surface area contributed by atoms with Crippen molar-refractivity contribution in [3.05, 3.63) is 29.3 Å². The molecule has 0 aliphatic carbocycles. The van der Waals surface area contributed by atoms with Crippen LogP contribution < -0.4 is 10.1 Å². The van der Waals surface area contributed by atoms with Crippen molar-refractivity contribution < 1.29 is 4.74 Å². The Kier molecular flexibility index (Phi) is 4.27. The van der Waals surface area contributed by atoms with E-state index in [0.29, 0.717) is 0 Å². The third-order valence-corrected chi connectivity index (χ3v) is 5.53. The summed E-state index contributed by atoms with van der Waals surface area (Å²) in [6, 6.07) is 6.56. The van der Waals surface area contributed by atoms with Crippen molar-refractivity contribution in [2.24, 2.45) is 0 Å². The fourth-order valence-electron chi connectivity index (χ4n) is 3.15. The smallest absolute Gasteiger partial charge is 0.127 e. The Balaban J connectivity index is 1.57. The molecule has 1 aromatic rings. The standard InChI is InChI=1S/C17H25NOS/c1-17(2)10-13-6-5-7-14(16(13)19-17)11-18-12-15-8-3-4-9-20-15/h5-7,15,18H,3-4,8-12H2,1-2H3. The van der Waals surface area contributed by atoms with Crippen LogP contribution in [0.2, 0.25) is 0 Å². The van der Waals surface area contributed by atoms with E-state index < -0.39 is 0 Å². The molecule has 2 nitrogen and oxygen atoms in total. The molecule has 0 spiro atoms. The number of fused-ring (bicyclic) bond motifs is 1. The Bertz CT molecular complexity index is 466. The maximum Gasteiger partial charge on any atom is 0.127 e. The summed E-state index contributed by atoms with van der Waals surface area (Å²) in [5, 5.41) is 4.43. The van der Waals surface area contributed by atoms with Gasteiger partial charge in [0, 0.05) is 30.3 Å². The van der Waals surface area contributed by atoms with Gasteiger partial charge in [0.15, 0.2) is 0 Å². The minimum atomic E-state index is -0.0440. The Morgan fingerprint density at radius 3 is 3.05 bits per heavy atom. The summed E-state index contributed by atoms with van der Waals surface area (Å²) in [4.78, 5) is 0. The van der Waals surface area contributed by atoms with Crippen molar-refractivity contribution in [1.82, 2.24) is 5.32 Å². The van der Waals surface area contributed by atoms with Crippen LogP contribution in [0.1, 0.15) is 44.2 Å². The van der Waals surface area contributed by atoms with Gasteiger partial charge in [-0.15, -0.1) is 0 Å². The summed E-state index contributed by atoms with van der Waals surface area (Å²) < 4.78 is 6.12. The zero-order valence-electron chi connectivity index (χ0n) is 12.6. The fourth-order valence-corrected chi connectivity index (χ4v) is 4.43. The molecular formula is C17H25NOS. The Hall–Kier alpha value is -0.670. The van der Waals surface area contributed by atoms with E-state index in [-0.39, 0.29) is 5.60 Å². The van der Waals surface area contributed by atoms with Crippen LogP contribution in [-0.2, 0) is 13.0 Å². The van der Waals surface area contributed by atoms with Crippen LogP contribution in [-0.4, -0.2) is 23.1 Å². The molecule has 1 atom stereocenters. The number of hydrogen-bond donors (Lipinski definition) is 1. The van der Waals surface area contributed by atoms with E-state index in [1.807, 2.05) is 0 Å². The van der Waals surface area contributed by atoms with E-state index in [1.54, 1.807) is 0 Å². The van der Waals surface area contributed by atoms with Gasteiger partial charge in [-0.25, -0.2) is 0 Å². The van der Waals surface area contributed by atoms with Crippen LogP contribution in [0.4, 0.5) is 0 Å². The van der Waals surface area contributed by atoms with Gasteiger partial charge in [-0.05, 0) is 38.0 Å². The predicted octanol–water partition coefficient (Wildman–Crippen LogP) is 3.78. The van der Waals surface area contributed by atoms with E-state index in [2.05, 4.69) is 49.1 Å². The van der Waals surface area contributed by atoms with Crippen LogP contribution >= 0.6 is 11.8 Å². The van der Waals surface area contributed by atoms with Crippen LogP contribution in [0.15, 0.2) is 18.2 Å². The first-order valence-electron chi connectivity index (χ1n) is 7.76. The zero-order valence-corrected chi connectivity index (χ0v) is 13.4. The van der Waals surface area contributed by atoms with Gasteiger partial charge in [0.25, 0.3) is 0 Å². The lowest BCUT2D eigenvalue weighted by atomic mass is 10.0. The van der Waals surface area contributed by atoms with Gasteiger partial charge in [0.1, 0.15) is 11.4 Å². The molecule has 0 radical (unpaired) electrons. The Labute approximate surface area is 126 Å². The summed E-state index contributed by atoms with van der Waals surface area (Å²) in [5.41, 5.74) is 2.63. The number of hydrogen-bond acceptors (Lipinski definition) is 3. The molecule has 2 heterocycles. The van der Waals surface area contributed by atoms with Crippen LogP contribution in [0.3, 0.4) is 0 Å². The lowest BCUT2D eigenvalue weighted by molar-refractivity contribution is 0.137. The maximum atomic E-state index is 6.12. The minimum Gasteiger partial charge on any atom is -0.487 e. The monoisotopic (exact) mass is 291 g/mol. The van der Waals surface area contributed by atoms with Crippen molar-refractivity contribution >= 4 is 11.8 Å². The van der Waals surface area contributed by atoms with Crippen molar-refractivity contribution in [3.8, 4) is 5.75 Å². The van der Waals surface area contributed by atoms with Crippen LogP contribution in [0.25, 0.3) is 0 Å². The highest BCUT2D eigenvalue weighted by molar-refractivity contribution is 7.99. The fraction of sp³-hybridized carbons (Fsp3) is 0.647. The predicted molar refractivity (Wildman–Crippen MR) is 86.7 cm³/mol. The van der Waals surface area contributed by atoms with Crippen molar-refractivity contribution in [2.45, 2.75) is 56.9 Å². The van der Waals surface area contributed by atoms with Crippen LogP contribution in [0.5, 0.6) is 5.75 Å². The largest absolute Gasteiger partial charge is 0.487 e. The Morgan fingerprint density at radius 1 is 1.35 bits per heavy atom. The second-order valence-corrected chi connectivity index (χ2v) is 7.97. The molecule has 1 fully saturated rings. The van der Waals surface area contributed by atoms with Gasteiger partial charge in [-0.3, -0.25) is 0 Å². The molecule has 0 aromatic heterocycles. The van der Waals surface area contributed by atoms with Gasteiger partial charge in [0.05, 0.1) is 0 Å². The molecule has 3 rings (SSSR count). The molecule has 0 saturated carbocycles. The molecule has 3 heteroatoms. The highest BCUT2D eigenvalue weighted by Crippen LogP contribution is 2.37. The van der Waals surface area contributed by atoms with E-state index in [4.69, 9.17) is 4.74 Å². The zero-order chi connectivity index (χ0) is 14.0. The summed E-state index contributed by atoms with van der Waals surface area (Å²) in [5.74, 6) is 2.46. The first kappa shape index (κ1) is 14.3. The minimum absolute atomic E-state index is 0.0440. The van der Waals surface area contributed by atoms with E-state index in [0.717, 1.165) is 30.5 Å². The molecule has 1 aromatic carbocycles. The Morgan fingerprint density at radius 2 is 2.25 bits per heavy atom. The number of nitrogens with one attached hydrogen (secondary N) is 1. The van der Waals surface area contributed by atoms with Gasteiger partial charge >= 0.3 is 0 Å². The molecule has 2 aliphatic rings. The number of para-hydroxylation sites is 1. The summed E-state index contributed by atoms with van der Waals surface area (Å²) in [6.45, 7) is 6.39. The second-order valence-electron chi connectivity index (χ2n) is 6.56. The average molecular weight is 291 g/mol. The van der Waals surface area contributed by atoms with Crippen molar-refractivity contribution in [2.75, 3.05) is 12.3 Å². The molecule has 20 heavy (non-hydrogen) atoms. The average Bonchev–Trinajstić information content (AvgIpc) is 2.75. The summed E-state index contributed by atoms with van der Waals surface area (Å²) in [7, 11) is 0. The molecule has 0 amide bonds. The third-order valence-electron chi connectivity index (χ3n) is 4.13. The number of rotatable bonds is 4. The number of thioether (sulfide) groups is 1. The SMILES string of the molecule is CC1(C)Cc2cccc(CNCC3CCCCS3)c2O1. The number of benzene rings is 1. The molecular weight excluding hydrogens is 266 g/mol. The van der Waals surface area contributed by atoms with Crippen molar-refractivity contribution in [1.29, 1.82) is 0 Å². The third kappa shape index (κ3) is 3.32. The molecule has 1 saturated heterocycles. The molecule has 1 unspecified atom stereocenters. The molecule has 2 aliphatic heterocycles. The van der Waals surface area contributed by atoms with Gasteiger partial charge < -0.3 is 10.1 Å². The summed E-state index contributed by atoms with van der Waals surface area (Å²) in [6.07, 6.45) is 5.19. The second kappa shape index (κ2) is 5.98. The number of ether oxygens (including phenoxy) is 1. The van der Waals surface area contributed by atoms with Gasteiger partial charge in [-0.2, -0.15) is 11.8 Å². The van der Waals surface area contributed by atoms with Crippen LogP contribution in [0, 0.1) is 0 Å². The van der Waals surface area contributed by atoms with E-state index in [1.165, 1.54) is 36.1 Å². The topological polar surface area (TPSA) is 21.3 Å². The molecule has 110 valence electrons. The van der Waals surface area contributed by atoms with E-state index in [9.17, 15) is 0 Å². The van der Waals surface area contributed by atoms with Gasteiger partial charge in [-0.1, -0.05) is 24.6 Å². The normalized spacial score (nSPS) is 24.2. The van der Waals surface area contributed by atoms with Gasteiger partial charge in [0.2, 0.25) is 0 Å². The summed E-state index contributed by atoms with van der Waals surface area (Å²) >= 11 is 2.13.